The number of benzene rings is 1. The maximum atomic E-state index is 12.0. The highest BCUT2D eigenvalue weighted by molar-refractivity contribution is 7.17. The molecule has 170 valence electrons. The Morgan fingerprint density at radius 1 is 1.10 bits per heavy atom. The van der Waals surface area contributed by atoms with Crippen molar-refractivity contribution in [2.75, 3.05) is 37.6 Å². The van der Waals surface area contributed by atoms with Crippen molar-refractivity contribution in [3.8, 4) is 0 Å². The van der Waals surface area contributed by atoms with Gasteiger partial charge in [0.15, 0.2) is 0 Å². The van der Waals surface area contributed by atoms with Gasteiger partial charge in [-0.3, -0.25) is 4.90 Å². The van der Waals surface area contributed by atoms with Crippen molar-refractivity contribution >= 4 is 33.2 Å². The van der Waals surface area contributed by atoms with Crippen LogP contribution in [0.15, 0.2) is 29.6 Å². The molecule has 2 aliphatic rings. The van der Waals surface area contributed by atoms with Crippen LogP contribution in [0.1, 0.15) is 52.9 Å². The van der Waals surface area contributed by atoms with E-state index in [4.69, 9.17) is 4.74 Å². The number of anilines is 1. The van der Waals surface area contributed by atoms with E-state index in [-0.39, 0.29) is 12.1 Å². The molecule has 1 N–H and O–H groups in total. The molecule has 5 nitrogen and oxygen atoms in total. The van der Waals surface area contributed by atoms with Crippen molar-refractivity contribution in [1.29, 1.82) is 0 Å². The lowest BCUT2D eigenvalue weighted by atomic mass is 9.84. The first-order valence-corrected chi connectivity index (χ1v) is 12.7. The van der Waals surface area contributed by atoms with Crippen LogP contribution in [-0.2, 0) is 4.74 Å². The van der Waals surface area contributed by atoms with Gasteiger partial charge in [0.05, 0.1) is 0 Å². The fraction of sp³-hybridized carbons (Fsp3) is 0.640. The average molecular weight is 444 g/mol. The summed E-state index contributed by atoms with van der Waals surface area (Å²) in [4.78, 5) is 17.2. The molecule has 0 bridgehead atoms. The highest BCUT2D eigenvalue weighted by Gasteiger charge is 2.26. The maximum absolute atomic E-state index is 12.0. The molecule has 31 heavy (non-hydrogen) atoms. The number of piperazine rings is 1. The van der Waals surface area contributed by atoms with Crippen LogP contribution in [0.25, 0.3) is 10.1 Å². The van der Waals surface area contributed by atoms with Crippen molar-refractivity contribution in [2.24, 2.45) is 5.92 Å². The summed E-state index contributed by atoms with van der Waals surface area (Å²) in [5, 5.41) is 6.65. The van der Waals surface area contributed by atoms with Crippen molar-refractivity contribution in [2.45, 2.75) is 64.5 Å². The van der Waals surface area contributed by atoms with Crippen molar-refractivity contribution in [1.82, 2.24) is 10.2 Å². The summed E-state index contributed by atoms with van der Waals surface area (Å²) in [6.45, 7) is 11.4. The monoisotopic (exact) mass is 443 g/mol. The van der Waals surface area contributed by atoms with Crippen molar-refractivity contribution < 1.29 is 9.53 Å². The topological polar surface area (TPSA) is 44.8 Å². The fourth-order valence-electron chi connectivity index (χ4n) is 4.90. The summed E-state index contributed by atoms with van der Waals surface area (Å²) >= 11 is 1.83. The molecule has 0 spiro atoms. The van der Waals surface area contributed by atoms with Gasteiger partial charge < -0.3 is 15.0 Å². The summed E-state index contributed by atoms with van der Waals surface area (Å²) in [5.41, 5.74) is 0.968. The Kier molecular flexibility index (Phi) is 7.07. The number of rotatable bonds is 5. The van der Waals surface area contributed by atoms with Gasteiger partial charge in [-0.05, 0) is 88.9 Å². The third-order valence-corrected chi connectivity index (χ3v) is 7.49. The fourth-order valence-corrected chi connectivity index (χ4v) is 5.71. The number of hydrogen-bond donors (Lipinski definition) is 1. The molecule has 1 saturated carbocycles. The van der Waals surface area contributed by atoms with Gasteiger partial charge in [0.25, 0.3) is 0 Å². The van der Waals surface area contributed by atoms with Gasteiger partial charge in [-0.15, -0.1) is 11.3 Å². The zero-order chi connectivity index (χ0) is 21.8. The summed E-state index contributed by atoms with van der Waals surface area (Å²) in [7, 11) is 0. The number of nitrogens with zero attached hydrogens (tertiary/aromatic N) is 2. The first-order chi connectivity index (χ1) is 14.9. The van der Waals surface area contributed by atoms with E-state index in [0.717, 1.165) is 44.9 Å². The minimum absolute atomic E-state index is 0.271. The zero-order valence-corrected chi connectivity index (χ0v) is 20.0. The molecule has 0 radical (unpaired) electrons. The quantitative estimate of drug-likeness (QED) is 0.663. The van der Waals surface area contributed by atoms with Crippen molar-refractivity contribution in [3.05, 3.63) is 29.6 Å². The van der Waals surface area contributed by atoms with Crippen LogP contribution in [0.4, 0.5) is 10.5 Å². The molecule has 6 heteroatoms. The Balaban J connectivity index is 1.16. The minimum Gasteiger partial charge on any atom is -0.444 e. The first kappa shape index (κ1) is 22.4. The van der Waals surface area contributed by atoms with Gasteiger partial charge in [-0.25, -0.2) is 4.79 Å². The van der Waals surface area contributed by atoms with Gasteiger partial charge in [-0.2, -0.15) is 0 Å². The predicted molar refractivity (Wildman–Crippen MR) is 130 cm³/mol. The number of ether oxygens (including phenoxy) is 1. The molecule has 1 saturated heterocycles. The number of carbonyl (C=O) groups excluding carboxylic acids is 1. The molecule has 2 heterocycles. The zero-order valence-electron chi connectivity index (χ0n) is 19.2. The summed E-state index contributed by atoms with van der Waals surface area (Å²) in [6, 6.07) is 9.21. The lowest BCUT2D eigenvalue weighted by molar-refractivity contribution is 0.0486. The van der Waals surface area contributed by atoms with Crippen LogP contribution in [0.2, 0.25) is 0 Å². The minimum atomic E-state index is -0.429. The maximum Gasteiger partial charge on any atom is 0.407 e. The molecule has 1 aromatic carbocycles. The number of carbonyl (C=O) groups is 1. The molecular formula is C25H37N3O2S. The number of amides is 1. The largest absolute Gasteiger partial charge is 0.444 e. The molecule has 2 aromatic rings. The van der Waals surface area contributed by atoms with E-state index < -0.39 is 5.60 Å². The average Bonchev–Trinajstić information content (AvgIpc) is 3.21. The summed E-state index contributed by atoms with van der Waals surface area (Å²) in [6.07, 6.45) is 5.57. The highest BCUT2D eigenvalue weighted by Crippen LogP contribution is 2.31. The second kappa shape index (κ2) is 9.78. The number of hydrogen-bond acceptors (Lipinski definition) is 5. The van der Waals surface area contributed by atoms with Crippen LogP contribution in [0, 0.1) is 5.92 Å². The van der Waals surface area contributed by atoms with E-state index in [1.165, 1.54) is 41.6 Å². The number of fused-ring (bicyclic) bond motifs is 1. The molecule has 4 rings (SSSR count). The van der Waals surface area contributed by atoms with Crippen LogP contribution in [0.5, 0.6) is 0 Å². The molecule has 1 aliphatic carbocycles. The van der Waals surface area contributed by atoms with Crippen LogP contribution in [-0.4, -0.2) is 55.4 Å². The first-order valence-electron chi connectivity index (χ1n) is 11.8. The third kappa shape index (κ3) is 6.13. The SMILES string of the molecule is CC(C)(C)OC(=O)N[C@H]1CC[C@H](CCN2CCN(c3cccc4sccc34)CC2)CC1. The van der Waals surface area contributed by atoms with E-state index >= 15 is 0 Å². The molecule has 2 fully saturated rings. The normalized spacial score (nSPS) is 23.1. The van der Waals surface area contributed by atoms with Crippen LogP contribution < -0.4 is 10.2 Å². The molecule has 0 unspecified atom stereocenters. The Labute approximate surface area is 190 Å². The van der Waals surface area contributed by atoms with Crippen molar-refractivity contribution in [3.63, 3.8) is 0 Å². The van der Waals surface area contributed by atoms with Crippen LogP contribution >= 0.6 is 11.3 Å². The third-order valence-electron chi connectivity index (χ3n) is 6.61. The second-order valence-electron chi connectivity index (χ2n) is 10.1. The van der Waals surface area contributed by atoms with Gasteiger partial charge in [0.2, 0.25) is 0 Å². The molecular weight excluding hydrogens is 406 g/mol. The highest BCUT2D eigenvalue weighted by atomic mass is 32.1. The van der Waals surface area contributed by atoms with E-state index in [2.05, 4.69) is 44.8 Å². The van der Waals surface area contributed by atoms with Gasteiger partial charge in [-0.1, -0.05) is 6.07 Å². The molecule has 0 atom stereocenters. The van der Waals surface area contributed by atoms with E-state index in [1.807, 2.05) is 32.1 Å². The van der Waals surface area contributed by atoms with E-state index in [9.17, 15) is 4.79 Å². The summed E-state index contributed by atoms with van der Waals surface area (Å²) in [5.74, 6) is 0.786. The Morgan fingerprint density at radius 3 is 2.55 bits per heavy atom. The standard InChI is InChI=1S/C25H37N3O2S/c1-25(2,3)30-24(29)26-20-9-7-19(8-10-20)11-13-27-14-16-28(17-15-27)22-5-4-6-23-21(22)12-18-31-23/h4-6,12,18-20H,7-11,13-17H2,1-3H3,(H,26,29)/t19-,20-. The summed E-state index contributed by atoms with van der Waals surface area (Å²) < 4.78 is 6.78. The number of alkyl carbamates (subject to hydrolysis) is 1. The van der Waals surface area contributed by atoms with E-state index in [0.29, 0.717) is 0 Å². The second-order valence-corrected chi connectivity index (χ2v) is 11.0. The van der Waals surface area contributed by atoms with Gasteiger partial charge >= 0.3 is 6.09 Å². The molecule has 1 amide bonds. The number of nitrogens with one attached hydrogen (secondary N) is 1. The van der Waals surface area contributed by atoms with Gasteiger partial charge in [0, 0.05) is 48.0 Å². The molecule has 1 aliphatic heterocycles. The Hall–Kier alpha value is -1.79. The Morgan fingerprint density at radius 2 is 1.84 bits per heavy atom. The lowest BCUT2D eigenvalue weighted by Crippen LogP contribution is -2.47. The van der Waals surface area contributed by atoms with E-state index in [1.54, 1.807) is 0 Å². The lowest BCUT2D eigenvalue weighted by Gasteiger charge is -2.37. The van der Waals surface area contributed by atoms with Crippen LogP contribution in [0.3, 0.4) is 0 Å². The van der Waals surface area contributed by atoms with Gasteiger partial charge in [0.1, 0.15) is 5.60 Å². The smallest absolute Gasteiger partial charge is 0.407 e. The molecule has 1 aromatic heterocycles. The Bertz CT molecular complexity index is 859. The number of thiophene rings is 1. The predicted octanol–water partition coefficient (Wildman–Crippen LogP) is 5.50.